The largest absolute Gasteiger partial charge is 0.507 e. The summed E-state index contributed by atoms with van der Waals surface area (Å²) in [6, 6.07) is 9.84. The first-order chi connectivity index (χ1) is 9.56. The highest BCUT2D eigenvalue weighted by Crippen LogP contribution is 2.21. The Balaban J connectivity index is 2.07. The van der Waals surface area contributed by atoms with Crippen molar-refractivity contribution in [3.63, 3.8) is 0 Å². The van der Waals surface area contributed by atoms with E-state index in [1.807, 2.05) is 0 Å². The standard InChI is InChI=1S/C14H10ClFN2O2/c15-10-4-5-13(19)12(7-10)14(20)18-17-8-9-2-1-3-11(16)6-9/h1-8,19H,(H,18,20)/b17-8-. The highest BCUT2D eigenvalue weighted by atomic mass is 35.5. The maximum Gasteiger partial charge on any atom is 0.275 e. The van der Waals surface area contributed by atoms with Gasteiger partial charge in [-0.1, -0.05) is 23.7 Å². The van der Waals surface area contributed by atoms with Crippen molar-refractivity contribution in [2.75, 3.05) is 0 Å². The number of hydrogen-bond acceptors (Lipinski definition) is 3. The van der Waals surface area contributed by atoms with Gasteiger partial charge < -0.3 is 5.11 Å². The summed E-state index contributed by atoms with van der Waals surface area (Å²) >= 11 is 5.74. The highest BCUT2D eigenvalue weighted by Gasteiger charge is 2.10. The number of hydrazone groups is 1. The Morgan fingerprint density at radius 1 is 1.30 bits per heavy atom. The van der Waals surface area contributed by atoms with Crippen LogP contribution in [-0.2, 0) is 0 Å². The molecule has 0 spiro atoms. The molecule has 0 unspecified atom stereocenters. The zero-order valence-corrected chi connectivity index (χ0v) is 10.9. The smallest absolute Gasteiger partial charge is 0.275 e. The fourth-order valence-corrected chi connectivity index (χ4v) is 1.67. The molecule has 0 aromatic heterocycles. The van der Waals surface area contributed by atoms with Crippen LogP contribution >= 0.6 is 11.6 Å². The lowest BCUT2D eigenvalue weighted by Crippen LogP contribution is -2.17. The number of amides is 1. The van der Waals surface area contributed by atoms with E-state index in [2.05, 4.69) is 10.5 Å². The van der Waals surface area contributed by atoms with Crippen molar-refractivity contribution < 1.29 is 14.3 Å². The maximum atomic E-state index is 12.9. The van der Waals surface area contributed by atoms with Crippen LogP contribution in [0.5, 0.6) is 5.75 Å². The number of aromatic hydroxyl groups is 1. The average Bonchev–Trinajstić information content (AvgIpc) is 2.41. The molecule has 20 heavy (non-hydrogen) atoms. The van der Waals surface area contributed by atoms with Crippen LogP contribution in [0.3, 0.4) is 0 Å². The summed E-state index contributed by atoms with van der Waals surface area (Å²) in [6.45, 7) is 0. The predicted molar refractivity (Wildman–Crippen MR) is 74.6 cm³/mol. The van der Waals surface area contributed by atoms with E-state index in [0.717, 1.165) is 0 Å². The zero-order chi connectivity index (χ0) is 14.5. The summed E-state index contributed by atoms with van der Waals surface area (Å²) in [5.41, 5.74) is 2.73. The third-order valence-electron chi connectivity index (χ3n) is 2.43. The normalized spacial score (nSPS) is 10.7. The number of hydrogen-bond donors (Lipinski definition) is 2. The zero-order valence-electron chi connectivity index (χ0n) is 10.2. The van der Waals surface area contributed by atoms with Crippen LogP contribution in [-0.4, -0.2) is 17.2 Å². The predicted octanol–water partition coefficient (Wildman–Crippen LogP) is 2.95. The molecule has 0 bridgehead atoms. The SMILES string of the molecule is O=C(N/N=C\c1cccc(F)c1)c1cc(Cl)ccc1O. The van der Waals surface area contributed by atoms with Crippen molar-refractivity contribution in [2.24, 2.45) is 5.10 Å². The van der Waals surface area contributed by atoms with E-state index in [4.69, 9.17) is 11.6 Å². The lowest BCUT2D eigenvalue weighted by molar-refractivity contribution is 0.0952. The molecule has 2 aromatic carbocycles. The molecule has 102 valence electrons. The van der Waals surface area contributed by atoms with Crippen molar-refractivity contribution in [3.8, 4) is 5.75 Å². The Bertz CT molecular complexity index is 674. The number of benzene rings is 2. The van der Waals surface area contributed by atoms with Crippen molar-refractivity contribution in [1.29, 1.82) is 0 Å². The van der Waals surface area contributed by atoms with Gasteiger partial charge in [0.15, 0.2) is 0 Å². The Kier molecular flexibility index (Phi) is 4.32. The molecule has 0 radical (unpaired) electrons. The summed E-state index contributed by atoms with van der Waals surface area (Å²) in [4.78, 5) is 11.8. The van der Waals surface area contributed by atoms with Crippen LogP contribution in [0.25, 0.3) is 0 Å². The second kappa shape index (κ2) is 6.16. The van der Waals surface area contributed by atoms with Gasteiger partial charge in [-0.05, 0) is 35.9 Å². The summed E-state index contributed by atoms with van der Waals surface area (Å²) in [5.74, 6) is -1.21. The highest BCUT2D eigenvalue weighted by molar-refractivity contribution is 6.31. The molecule has 0 aliphatic heterocycles. The summed E-state index contributed by atoms with van der Waals surface area (Å²) in [7, 11) is 0. The topological polar surface area (TPSA) is 61.7 Å². The Morgan fingerprint density at radius 2 is 2.10 bits per heavy atom. The van der Waals surface area contributed by atoms with Crippen LogP contribution in [0.2, 0.25) is 5.02 Å². The van der Waals surface area contributed by atoms with Crippen molar-refractivity contribution in [3.05, 3.63) is 64.4 Å². The number of nitrogens with one attached hydrogen (secondary N) is 1. The van der Waals surface area contributed by atoms with Gasteiger partial charge in [-0.3, -0.25) is 4.79 Å². The molecule has 2 N–H and O–H groups in total. The summed E-state index contributed by atoms with van der Waals surface area (Å²) in [5, 5.41) is 13.5. The first kappa shape index (κ1) is 14.0. The quantitative estimate of drug-likeness (QED) is 0.675. The lowest BCUT2D eigenvalue weighted by Gasteiger charge is -2.03. The minimum Gasteiger partial charge on any atom is -0.507 e. The first-order valence-corrected chi connectivity index (χ1v) is 6.01. The molecule has 2 rings (SSSR count). The van der Waals surface area contributed by atoms with Crippen LogP contribution in [0, 0.1) is 5.82 Å². The second-order valence-electron chi connectivity index (χ2n) is 3.92. The molecule has 6 heteroatoms. The van der Waals surface area contributed by atoms with Gasteiger partial charge in [0, 0.05) is 5.02 Å². The number of carbonyl (C=O) groups excluding carboxylic acids is 1. The molecule has 0 fully saturated rings. The minimum absolute atomic E-state index is 0.00823. The third kappa shape index (κ3) is 3.55. The first-order valence-electron chi connectivity index (χ1n) is 5.64. The van der Waals surface area contributed by atoms with Gasteiger partial charge >= 0.3 is 0 Å². The molecular weight excluding hydrogens is 283 g/mol. The molecule has 0 heterocycles. The van der Waals surface area contributed by atoms with E-state index < -0.39 is 11.7 Å². The number of phenolic OH excluding ortho intramolecular Hbond substituents is 1. The third-order valence-corrected chi connectivity index (χ3v) is 2.67. The molecule has 0 aliphatic carbocycles. The van der Waals surface area contributed by atoms with Crippen LogP contribution in [0.4, 0.5) is 4.39 Å². The molecule has 0 aliphatic rings. The number of phenols is 1. The lowest BCUT2D eigenvalue weighted by atomic mass is 10.2. The summed E-state index contributed by atoms with van der Waals surface area (Å²) in [6.07, 6.45) is 1.29. The Hall–Kier alpha value is -2.40. The average molecular weight is 293 g/mol. The Labute approximate surface area is 119 Å². The fourth-order valence-electron chi connectivity index (χ4n) is 1.50. The number of nitrogens with zero attached hydrogens (tertiary/aromatic N) is 1. The number of halogens is 2. The molecule has 1 amide bonds. The number of rotatable bonds is 3. The molecular formula is C14H10ClFN2O2. The molecule has 0 atom stereocenters. The molecule has 2 aromatic rings. The van der Waals surface area contributed by atoms with Gasteiger partial charge in [-0.2, -0.15) is 5.10 Å². The summed E-state index contributed by atoms with van der Waals surface area (Å²) < 4.78 is 12.9. The van der Waals surface area contributed by atoms with Gasteiger partial charge in [0.1, 0.15) is 11.6 Å². The van der Waals surface area contributed by atoms with E-state index in [9.17, 15) is 14.3 Å². The molecule has 4 nitrogen and oxygen atoms in total. The van der Waals surface area contributed by atoms with Crippen LogP contribution in [0.1, 0.15) is 15.9 Å². The molecule has 0 saturated carbocycles. The van der Waals surface area contributed by atoms with Crippen LogP contribution < -0.4 is 5.43 Å². The van der Waals surface area contributed by atoms with Crippen molar-refractivity contribution in [1.82, 2.24) is 5.43 Å². The van der Waals surface area contributed by atoms with Gasteiger partial charge in [-0.15, -0.1) is 0 Å². The van der Waals surface area contributed by atoms with E-state index >= 15 is 0 Å². The maximum absolute atomic E-state index is 12.9. The van der Waals surface area contributed by atoms with Gasteiger partial charge in [0.25, 0.3) is 5.91 Å². The van der Waals surface area contributed by atoms with Crippen LogP contribution in [0.15, 0.2) is 47.6 Å². The Morgan fingerprint density at radius 3 is 2.85 bits per heavy atom. The van der Waals surface area contributed by atoms with Gasteiger partial charge in [0.05, 0.1) is 11.8 Å². The van der Waals surface area contributed by atoms with Crippen molar-refractivity contribution in [2.45, 2.75) is 0 Å². The fraction of sp³-hybridized carbons (Fsp3) is 0. The van der Waals surface area contributed by atoms with E-state index in [1.54, 1.807) is 6.07 Å². The molecule has 0 saturated heterocycles. The van der Waals surface area contributed by atoms with Gasteiger partial charge in [-0.25, -0.2) is 9.82 Å². The van der Waals surface area contributed by atoms with E-state index in [-0.39, 0.29) is 11.3 Å². The second-order valence-corrected chi connectivity index (χ2v) is 4.35. The number of carbonyl (C=O) groups is 1. The monoisotopic (exact) mass is 292 g/mol. The minimum atomic E-state index is -0.613. The van der Waals surface area contributed by atoms with Crippen molar-refractivity contribution >= 4 is 23.7 Å². The van der Waals surface area contributed by atoms with E-state index in [0.29, 0.717) is 10.6 Å². The van der Waals surface area contributed by atoms with Gasteiger partial charge in [0.2, 0.25) is 0 Å². The van der Waals surface area contributed by atoms with E-state index in [1.165, 1.54) is 42.6 Å².